The van der Waals surface area contributed by atoms with E-state index in [4.69, 9.17) is 9.31 Å². The second-order valence-corrected chi connectivity index (χ2v) is 11.6. The Bertz CT molecular complexity index is 974. The van der Waals surface area contributed by atoms with E-state index in [-0.39, 0.29) is 12.9 Å². The van der Waals surface area contributed by atoms with Crippen molar-refractivity contribution in [2.24, 2.45) is 0 Å². The van der Waals surface area contributed by atoms with Gasteiger partial charge in [-0.15, -0.1) is 0 Å². The molecule has 0 aromatic heterocycles. The van der Waals surface area contributed by atoms with Gasteiger partial charge in [0.05, 0.1) is 21.8 Å². The van der Waals surface area contributed by atoms with Crippen LogP contribution in [-0.2, 0) is 19.3 Å². The van der Waals surface area contributed by atoms with Crippen LogP contribution in [-0.4, -0.2) is 33.3 Å². The fraction of sp³-hybridized carbons (Fsp3) is 0.520. The lowest BCUT2D eigenvalue weighted by molar-refractivity contribution is 0.00578. The zero-order valence-corrected chi connectivity index (χ0v) is 21.0. The molecule has 0 unspecified atom stereocenters. The Morgan fingerprint density at radius 2 is 1.47 bits per heavy atom. The molecule has 7 heteroatoms. The minimum absolute atomic E-state index is 0.0977. The van der Waals surface area contributed by atoms with Gasteiger partial charge in [-0.3, -0.25) is 4.31 Å². The van der Waals surface area contributed by atoms with Crippen molar-refractivity contribution in [2.45, 2.75) is 82.7 Å². The van der Waals surface area contributed by atoms with Gasteiger partial charge < -0.3 is 9.31 Å². The third-order valence-electron chi connectivity index (χ3n) is 6.67. The molecule has 0 saturated carbocycles. The van der Waals surface area contributed by atoms with E-state index >= 15 is 0 Å². The summed E-state index contributed by atoms with van der Waals surface area (Å²) in [6.07, 6.45) is 2.53. The molecule has 0 amide bonds. The van der Waals surface area contributed by atoms with Crippen LogP contribution in [0.1, 0.15) is 59.4 Å². The van der Waals surface area contributed by atoms with Crippen LogP contribution in [0.5, 0.6) is 0 Å². The van der Waals surface area contributed by atoms with Crippen molar-refractivity contribution in [2.75, 3.05) is 10.8 Å². The van der Waals surface area contributed by atoms with E-state index in [1.165, 1.54) is 4.31 Å². The van der Waals surface area contributed by atoms with Gasteiger partial charge in [-0.2, -0.15) is 0 Å². The fourth-order valence-electron chi connectivity index (χ4n) is 3.97. The molecule has 0 bridgehead atoms. The van der Waals surface area contributed by atoms with Gasteiger partial charge in [0.25, 0.3) is 10.0 Å². The van der Waals surface area contributed by atoms with E-state index in [0.717, 1.165) is 18.4 Å². The first-order valence-electron chi connectivity index (χ1n) is 11.5. The number of anilines is 1. The fourth-order valence-corrected chi connectivity index (χ4v) is 5.45. The topological polar surface area (TPSA) is 55.8 Å². The predicted octanol–water partition coefficient (Wildman–Crippen LogP) is 5.84. The quantitative estimate of drug-likeness (QED) is 0.444. The maximum absolute atomic E-state index is 13.6. The summed E-state index contributed by atoms with van der Waals surface area (Å²) in [5, 5.41) is 0. The highest BCUT2D eigenvalue weighted by Crippen LogP contribution is 2.42. The molecule has 5 nitrogen and oxygen atoms in total. The molecule has 2 aromatic rings. The van der Waals surface area contributed by atoms with Gasteiger partial charge in [-0.25, -0.2) is 8.42 Å². The highest BCUT2D eigenvalue weighted by molar-refractivity contribution is 7.92. The van der Waals surface area contributed by atoms with Crippen LogP contribution in [0.25, 0.3) is 0 Å². The van der Waals surface area contributed by atoms with Crippen LogP contribution in [0.2, 0.25) is 5.82 Å². The molecule has 2 aromatic carbocycles. The molecule has 1 atom stereocenters. The Morgan fingerprint density at radius 1 is 0.906 bits per heavy atom. The minimum atomic E-state index is -3.70. The van der Waals surface area contributed by atoms with Crippen LogP contribution >= 0.6 is 0 Å². The van der Waals surface area contributed by atoms with Gasteiger partial charge >= 0.3 is 7.12 Å². The third-order valence-corrected chi connectivity index (χ3v) is 8.51. The van der Waals surface area contributed by atoms with Crippen LogP contribution in [0.3, 0.4) is 0 Å². The average molecular weight is 457 g/mol. The maximum atomic E-state index is 13.6. The van der Waals surface area contributed by atoms with Crippen molar-refractivity contribution in [1.82, 2.24) is 0 Å². The summed E-state index contributed by atoms with van der Waals surface area (Å²) in [6, 6.07) is 16.3. The zero-order valence-electron chi connectivity index (χ0n) is 20.2. The second kappa shape index (κ2) is 9.58. The lowest BCUT2D eigenvalue weighted by Gasteiger charge is -2.32. The van der Waals surface area contributed by atoms with Crippen LogP contribution in [0.4, 0.5) is 5.69 Å². The van der Waals surface area contributed by atoms with Gasteiger partial charge in [0.2, 0.25) is 0 Å². The van der Waals surface area contributed by atoms with Gasteiger partial charge in [-0.05, 0) is 71.1 Å². The molecule has 0 radical (unpaired) electrons. The Hall–Kier alpha value is -1.83. The van der Waals surface area contributed by atoms with E-state index < -0.39 is 21.2 Å². The number of nitrogens with zero attached hydrogens (tertiary/aromatic N) is 1. The van der Waals surface area contributed by atoms with E-state index in [0.29, 0.717) is 23.5 Å². The molecular formula is C25H36BNO4S. The summed E-state index contributed by atoms with van der Waals surface area (Å²) >= 11 is 0. The van der Waals surface area contributed by atoms with Gasteiger partial charge in [0.1, 0.15) is 0 Å². The third kappa shape index (κ3) is 5.21. The normalized spacial score (nSPS) is 18.5. The number of hydrogen-bond acceptors (Lipinski definition) is 4. The molecule has 1 heterocycles. The van der Waals surface area contributed by atoms with Crippen LogP contribution in [0.15, 0.2) is 59.5 Å². The summed E-state index contributed by atoms with van der Waals surface area (Å²) in [4.78, 5) is 0.301. The summed E-state index contributed by atoms with van der Waals surface area (Å²) in [5.74, 6) is 0.0977. The molecule has 1 aliphatic rings. The van der Waals surface area contributed by atoms with E-state index in [2.05, 4.69) is 6.92 Å². The van der Waals surface area contributed by atoms with Crippen molar-refractivity contribution in [3.8, 4) is 0 Å². The van der Waals surface area contributed by atoms with Crippen molar-refractivity contribution >= 4 is 22.8 Å². The first-order valence-corrected chi connectivity index (χ1v) is 12.9. The number of rotatable bonds is 9. The van der Waals surface area contributed by atoms with Crippen molar-refractivity contribution in [3.63, 3.8) is 0 Å². The van der Waals surface area contributed by atoms with Crippen LogP contribution < -0.4 is 4.31 Å². The van der Waals surface area contributed by atoms with Crippen LogP contribution in [0, 0.1) is 6.92 Å². The zero-order chi connectivity index (χ0) is 23.6. The number of benzene rings is 2. The Kier molecular flexibility index (Phi) is 7.43. The molecule has 174 valence electrons. The highest BCUT2D eigenvalue weighted by atomic mass is 32.2. The largest absolute Gasteiger partial charge is 0.461 e. The number of sulfonamides is 1. The number of aryl methyl sites for hydroxylation is 1. The molecule has 1 saturated heterocycles. The summed E-state index contributed by atoms with van der Waals surface area (Å²) in [7, 11) is -4.05. The Balaban J connectivity index is 1.87. The smallest absolute Gasteiger partial charge is 0.403 e. The van der Waals surface area contributed by atoms with Crippen molar-refractivity contribution in [1.29, 1.82) is 0 Å². The molecular weight excluding hydrogens is 421 g/mol. The minimum Gasteiger partial charge on any atom is -0.403 e. The Morgan fingerprint density at radius 3 is 2.00 bits per heavy atom. The number of para-hydroxylation sites is 1. The van der Waals surface area contributed by atoms with Gasteiger partial charge in [0, 0.05) is 6.54 Å². The molecule has 0 N–H and O–H groups in total. The SMILES string of the molecule is CCC[C@H](CCN(c1ccccc1)S(=O)(=O)c1ccc(C)cc1)B1OC(C)(C)C(C)(C)O1. The second-order valence-electron chi connectivity index (χ2n) is 9.69. The van der Waals surface area contributed by atoms with E-state index in [1.807, 2.05) is 77.1 Å². The van der Waals surface area contributed by atoms with Gasteiger partial charge in [0.15, 0.2) is 0 Å². The van der Waals surface area contributed by atoms with Crippen molar-refractivity contribution in [3.05, 3.63) is 60.2 Å². The van der Waals surface area contributed by atoms with Crippen molar-refractivity contribution < 1.29 is 17.7 Å². The van der Waals surface area contributed by atoms with E-state index in [1.54, 1.807) is 12.1 Å². The first-order chi connectivity index (χ1) is 15.0. The van der Waals surface area contributed by atoms with E-state index in [9.17, 15) is 8.42 Å². The first kappa shape index (κ1) is 24.8. The summed E-state index contributed by atoms with van der Waals surface area (Å²) in [5.41, 5.74) is 0.879. The van der Waals surface area contributed by atoms with Gasteiger partial charge in [-0.1, -0.05) is 55.7 Å². The summed E-state index contributed by atoms with van der Waals surface area (Å²) in [6.45, 7) is 12.6. The maximum Gasteiger partial charge on any atom is 0.461 e. The Labute approximate surface area is 194 Å². The summed E-state index contributed by atoms with van der Waals surface area (Å²) < 4.78 is 41.4. The molecule has 1 aliphatic heterocycles. The molecule has 0 aliphatic carbocycles. The molecule has 3 rings (SSSR count). The standard InChI is InChI=1S/C25H36BNO4S/c1-7-11-21(26-30-24(3,4)25(5,6)31-26)18-19-27(22-12-9-8-10-13-22)32(28,29)23-16-14-20(2)15-17-23/h8-10,12-17,21H,7,11,18-19H2,1-6H3/t21-/m1/s1. The highest BCUT2D eigenvalue weighted by Gasteiger charge is 2.53. The average Bonchev–Trinajstić information content (AvgIpc) is 2.95. The predicted molar refractivity (Wildman–Crippen MR) is 132 cm³/mol. The molecule has 32 heavy (non-hydrogen) atoms. The molecule has 0 spiro atoms. The lowest BCUT2D eigenvalue weighted by Crippen LogP contribution is -2.41. The monoisotopic (exact) mass is 457 g/mol. The molecule has 1 fully saturated rings. The number of hydrogen-bond donors (Lipinski definition) is 0. The lowest BCUT2D eigenvalue weighted by atomic mass is 9.67.